The lowest BCUT2D eigenvalue weighted by Gasteiger charge is -2.08. The van der Waals surface area contributed by atoms with Crippen molar-refractivity contribution in [3.8, 4) is 17.3 Å². The summed E-state index contributed by atoms with van der Waals surface area (Å²) in [5.41, 5.74) is 2.64. The van der Waals surface area contributed by atoms with Gasteiger partial charge in [-0.05, 0) is 30.3 Å². The number of nitrogens with zero attached hydrogens (tertiary/aromatic N) is 4. The van der Waals surface area contributed by atoms with Crippen LogP contribution in [0.4, 0.5) is 5.69 Å². The molecular weight excluding hydrogens is 396 g/mol. The van der Waals surface area contributed by atoms with Crippen LogP contribution in [0.3, 0.4) is 0 Å². The molecule has 0 bridgehead atoms. The van der Waals surface area contributed by atoms with Crippen LogP contribution < -0.4 is 15.4 Å². The molecule has 2 aromatic heterocycles. The van der Waals surface area contributed by atoms with Crippen LogP contribution in [0.25, 0.3) is 17.0 Å². The van der Waals surface area contributed by atoms with E-state index < -0.39 is 0 Å². The Bertz CT molecular complexity index is 1210. The zero-order valence-corrected chi connectivity index (χ0v) is 16.8. The van der Waals surface area contributed by atoms with Crippen molar-refractivity contribution in [2.45, 2.75) is 6.92 Å². The molecule has 9 heteroatoms. The van der Waals surface area contributed by atoms with Gasteiger partial charge in [0.1, 0.15) is 6.61 Å². The Labute approximate surface area is 178 Å². The van der Waals surface area contributed by atoms with Crippen LogP contribution in [0.15, 0.2) is 66.7 Å². The number of anilines is 1. The zero-order valence-electron chi connectivity index (χ0n) is 16.8. The molecule has 0 saturated carbocycles. The van der Waals surface area contributed by atoms with Gasteiger partial charge in [-0.2, -0.15) is 4.52 Å². The highest BCUT2D eigenvalue weighted by atomic mass is 16.5. The van der Waals surface area contributed by atoms with Gasteiger partial charge in [0, 0.05) is 29.8 Å². The highest BCUT2D eigenvalue weighted by Crippen LogP contribution is 2.18. The second-order valence-electron chi connectivity index (χ2n) is 6.69. The maximum Gasteiger partial charge on any atom is 0.251 e. The zero-order chi connectivity index (χ0) is 21.6. The van der Waals surface area contributed by atoms with Crippen molar-refractivity contribution in [2.75, 3.05) is 18.5 Å². The van der Waals surface area contributed by atoms with Gasteiger partial charge in [-0.25, -0.2) is 0 Å². The van der Waals surface area contributed by atoms with Crippen molar-refractivity contribution >= 4 is 23.1 Å². The fraction of sp³-hybridized carbons (Fsp3) is 0.136. The van der Waals surface area contributed by atoms with Gasteiger partial charge in [-0.1, -0.05) is 30.3 Å². The molecule has 0 spiro atoms. The number of ether oxygens (including phenoxy) is 1. The Kier molecular flexibility index (Phi) is 5.84. The largest absolute Gasteiger partial charge is 0.475 e. The Morgan fingerprint density at radius 3 is 2.48 bits per heavy atom. The van der Waals surface area contributed by atoms with Crippen LogP contribution in [-0.4, -0.2) is 44.8 Å². The number of benzene rings is 2. The van der Waals surface area contributed by atoms with Crippen molar-refractivity contribution in [1.29, 1.82) is 0 Å². The standard InChI is InChI=1S/C22H20N6O3/c1-15(29)24-18-9-7-17(8-10-18)22(30)23-13-14-31-20-12-11-19-25-26-21(28(19)27-20)16-5-3-2-4-6-16/h2-12H,13-14H2,1H3,(H,23,30)(H,24,29). The summed E-state index contributed by atoms with van der Waals surface area (Å²) in [6.07, 6.45) is 0. The molecule has 2 amide bonds. The van der Waals surface area contributed by atoms with Gasteiger partial charge in [0.05, 0.1) is 6.54 Å². The highest BCUT2D eigenvalue weighted by Gasteiger charge is 2.10. The summed E-state index contributed by atoms with van der Waals surface area (Å²) in [6.45, 7) is 1.98. The molecule has 2 N–H and O–H groups in total. The Hall–Kier alpha value is -4.27. The van der Waals surface area contributed by atoms with E-state index in [9.17, 15) is 9.59 Å². The molecule has 0 saturated heterocycles. The lowest BCUT2D eigenvalue weighted by Crippen LogP contribution is -2.28. The Morgan fingerprint density at radius 2 is 1.74 bits per heavy atom. The summed E-state index contributed by atoms with van der Waals surface area (Å²) in [4.78, 5) is 23.3. The topological polar surface area (TPSA) is 111 Å². The van der Waals surface area contributed by atoms with Crippen molar-refractivity contribution in [1.82, 2.24) is 25.1 Å². The monoisotopic (exact) mass is 416 g/mol. The molecule has 0 aliphatic rings. The molecule has 9 nitrogen and oxygen atoms in total. The Balaban J connectivity index is 1.33. The molecule has 0 aliphatic carbocycles. The molecular formula is C22H20N6O3. The third-order valence-electron chi connectivity index (χ3n) is 4.38. The predicted octanol–water partition coefficient (Wildman–Crippen LogP) is 2.56. The highest BCUT2D eigenvalue weighted by molar-refractivity contribution is 5.95. The average Bonchev–Trinajstić information content (AvgIpc) is 3.20. The second kappa shape index (κ2) is 9.04. The van der Waals surface area contributed by atoms with Crippen LogP contribution in [0.5, 0.6) is 5.88 Å². The van der Waals surface area contributed by atoms with Crippen LogP contribution in [0, 0.1) is 0 Å². The quantitative estimate of drug-likeness (QED) is 0.448. The number of aromatic nitrogens is 4. The van der Waals surface area contributed by atoms with Crippen molar-refractivity contribution in [2.24, 2.45) is 0 Å². The van der Waals surface area contributed by atoms with Gasteiger partial charge in [0.15, 0.2) is 11.5 Å². The molecule has 4 aromatic rings. The van der Waals surface area contributed by atoms with Crippen LogP contribution in [0.1, 0.15) is 17.3 Å². The number of carbonyl (C=O) groups is 2. The number of fused-ring (bicyclic) bond motifs is 1. The minimum Gasteiger partial charge on any atom is -0.475 e. The molecule has 0 unspecified atom stereocenters. The molecule has 4 rings (SSSR count). The minimum absolute atomic E-state index is 0.163. The molecule has 0 fully saturated rings. The maximum absolute atomic E-state index is 12.2. The number of rotatable bonds is 7. The summed E-state index contributed by atoms with van der Waals surface area (Å²) in [5.74, 6) is 0.630. The summed E-state index contributed by atoms with van der Waals surface area (Å²) < 4.78 is 7.30. The van der Waals surface area contributed by atoms with E-state index in [1.54, 1.807) is 40.9 Å². The molecule has 0 radical (unpaired) electrons. The smallest absolute Gasteiger partial charge is 0.251 e. The van der Waals surface area contributed by atoms with Crippen LogP contribution in [0.2, 0.25) is 0 Å². The third kappa shape index (κ3) is 4.84. The molecule has 31 heavy (non-hydrogen) atoms. The van der Waals surface area contributed by atoms with E-state index in [0.29, 0.717) is 35.1 Å². The van der Waals surface area contributed by atoms with E-state index in [4.69, 9.17) is 4.74 Å². The SMILES string of the molecule is CC(=O)Nc1ccc(C(=O)NCCOc2ccc3nnc(-c4ccccc4)n3n2)cc1. The molecule has 2 aromatic carbocycles. The second-order valence-corrected chi connectivity index (χ2v) is 6.69. The first-order chi connectivity index (χ1) is 15.1. The van der Waals surface area contributed by atoms with Gasteiger partial charge in [-0.15, -0.1) is 15.3 Å². The van der Waals surface area contributed by atoms with E-state index in [1.165, 1.54) is 6.92 Å². The van der Waals surface area contributed by atoms with Crippen LogP contribution >= 0.6 is 0 Å². The first-order valence-corrected chi connectivity index (χ1v) is 9.67. The van der Waals surface area contributed by atoms with Gasteiger partial charge >= 0.3 is 0 Å². The van der Waals surface area contributed by atoms with Gasteiger partial charge in [0.25, 0.3) is 5.91 Å². The van der Waals surface area contributed by atoms with Gasteiger partial charge < -0.3 is 15.4 Å². The first-order valence-electron chi connectivity index (χ1n) is 9.67. The molecule has 2 heterocycles. The number of nitrogens with one attached hydrogen (secondary N) is 2. The minimum atomic E-state index is -0.230. The van der Waals surface area contributed by atoms with Gasteiger partial charge in [-0.3, -0.25) is 9.59 Å². The summed E-state index contributed by atoms with van der Waals surface area (Å²) in [7, 11) is 0. The third-order valence-corrected chi connectivity index (χ3v) is 4.38. The summed E-state index contributed by atoms with van der Waals surface area (Å²) in [5, 5.41) is 18.2. The summed E-state index contributed by atoms with van der Waals surface area (Å²) >= 11 is 0. The predicted molar refractivity (Wildman–Crippen MR) is 115 cm³/mol. The fourth-order valence-electron chi connectivity index (χ4n) is 2.95. The number of amides is 2. The fourth-order valence-corrected chi connectivity index (χ4v) is 2.95. The van der Waals surface area contributed by atoms with E-state index in [2.05, 4.69) is 25.9 Å². The molecule has 0 aliphatic heterocycles. The van der Waals surface area contributed by atoms with E-state index >= 15 is 0 Å². The van der Waals surface area contributed by atoms with Gasteiger partial charge in [0.2, 0.25) is 11.8 Å². The maximum atomic E-state index is 12.2. The number of hydrogen-bond acceptors (Lipinski definition) is 6. The molecule has 156 valence electrons. The first kappa shape index (κ1) is 20.0. The summed E-state index contributed by atoms with van der Waals surface area (Å²) in [6, 6.07) is 19.8. The van der Waals surface area contributed by atoms with Crippen molar-refractivity contribution in [3.63, 3.8) is 0 Å². The Morgan fingerprint density at radius 1 is 0.968 bits per heavy atom. The van der Waals surface area contributed by atoms with E-state index in [0.717, 1.165) is 5.56 Å². The van der Waals surface area contributed by atoms with E-state index in [-0.39, 0.29) is 18.4 Å². The van der Waals surface area contributed by atoms with Crippen LogP contribution in [-0.2, 0) is 4.79 Å². The van der Waals surface area contributed by atoms with E-state index in [1.807, 2.05) is 30.3 Å². The molecule has 0 atom stereocenters. The number of carbonyl (C=O) groups excluding carboxylic acids is 2. The normalized spacial score (nSPS) is 10.6. The lowest BCUT2D eigenvalue weighted by molar-refractivity contribution is -0.114. The number of hydrogen-bond donors (Lipinski definition) is 2. The van der Waals surface area contributed by atoms with Crippen molar-refractivity contribution in [3.05, 3.63) is 72.3 Å². The van der Waals surface area contributed by atoms with Crippen molar-refractivity contribution < 1.29 is 14.3 Å². The lowest BCUT2D eigenvalue weighted by atomic mass is 10.2. The average molecular weight is 416 g/mol.